The third kappa shape index (κ3) is 1.83. The Balaban J connectivity index is 3.41. The van der Waals surface area contributed by atoms with E-state index in [-0.39, 0.29) is 4.47 Å². The highest BCUT2D eigenvalue weighted by atomic mass is 79.9. The molecule has 0 aliphatic heterocycles. The summed E-state index contributed by atoms with van der Waals surface area (Å²) in [7, 11) is 0. The van der Waals surface area contributed by atoms with Crippen LogP contribution in [0.5, 0.6) is 0 Å². The van der Waals surface area contributed by atoms with E-state index in [1.54, 1.807) is 0 Å². The molecule has 1 rings (SSSR count). The van der Waals surface area contributed by atoms with Gasteiger partial charge in [-0.15, -0.1) is 0 Å². The standard InChI is InChI=1S/C8H3BrF3N/c1-13-5-3-2-4(9)6(7(5)10)8(11)12/h2-3,8H. The molecule has 0 amide bonds. The summed E-state index contributed by atoms with van der Waals surface area (Å²) in [6.45, 7) is 6.52. The van der Waals surface area contributed by atoms with Crippen molar-refractivity contribution in [1.82, 2.24) is 0 Å². The van der Waals surface area contributed by atoms with Gasteiger partial charge in [0, 0.05) is 4.47 Å². The fourth-order valence-corrected chi connectivity index (χ4v) is 1.32. The van der Waals surface area contributed by atoms with Crippen molar-refractivity contribution < 1.29 is 13.2 Å². The van der Waals surface area contributed by atoms with Crippen LogP contribution in [-0.2, 0) is 0 Å². The Morgan fingerprint density at radius 2 is 2.00 bits per heavy atom. The molecule has 1 aromatic carbocycles. The molecule has 0 fully saturated rings. The molecule has 1 aromatic rings. The minimum Gasteiger partial charge on any atom is -0.235 e. The predicted octanol–water partition coefficient (Wildman–Crippen LogP) is 4.08. The highest BCUT2D eigenvalue weighted by molar-refractivity contribution is 9.10. The molecule has 0 atom stereocenters. The van der Waals surface area contributed by atoms with Gasteiger partial charge in [-0.2, -0.15) is 0 Å². The first-order valence-electron chi connectivity index (χ1n) is 3.21. The third-order valence-electron chi connectivity index (χ3n) is 1.44. The molecule has 0 radical (unpaired) electrons. The fraction of sp³-hybridized carbons (Fsp3) is 0.125. The molecule has 13 heavy (non-hydrogen) atoms. The third-order valence-corrected chi connectivity index (χ3v) is 2.14. The van der Waals surface area contributed by atoms with Gasteiger partial charge >= 0.3 is 0 Å². The van der Waals surface area contributed by atoms with Crippen LogP contribution >= 0.6 is 15.9 Å². The Kier molecular flexibility index (Phi) is 2.94. The van der Waals surface area contributed by atoms with Gasteiger partial charge in [-0.25, -0.2) is 18.0 Å². The van der Waals surface area contributed by atoms with Crippen molar-refractivity contribution in [2.24, 2.45) is 0 Å². The van der Waals surface area contributed by atoms with E-state index in [0.717, 1.165) is 6.07 Å². The van der Waals surface area contributed by atoms with E-state index in [2.05, 4.69) is 20.8 Å². The lowest BCUT2D eigenvalue weighted by Crippen LogP contribution is -1.92. The molecule has 68 valence electrons. The second-order valence-corrected chi connectivity index (χ2v) is 3.06. The first-order chi connectivity index (χ1) is 6.07. The lowest BCUT2D eigenvalue weighted by atomic mass is 10.2. The number of halogens is 4. The topological polar surface area (TPSA) is 4.36 Å². The lowest BCUT2D eigenvalue weighted by molar-refractivity contribution is 0.145. The van der Waals surface area contributed by atoms with Crippen LogP contribution in [0.3, 0.4) is 0 Å². The monoisotopic (exact) mass is 249 g/mol. The first kappa shape index (κ1) is 10.1. The van der Waals surface area contributed by atoms with Gasteiger partial charge in [0.25, 0.3) is 6.43 Å². The maximum atomic E-state index is 13.1. The van der Waals surface area contributed by atoms with Crippen molar-refractivity contribution in [1.29, 1.82) is 0 Å². The molecule has 5 heteroatoms. The first-order valence-corrected chi connectivity index (χ1v) is 4.00. The smallest absolute Gasteiger partial charge is 0.235 e. The van der Waals surface area contributed by atoms with Gasteiger partial charge in [-0.3, -0.25) is 0 Å². The van der Waals surface area contributed by atoms with Gasteiger partial charge in [0.05, 0.1) is 12.1 Å². The summed E-state index contributed by atoms with van der Waals surface area (Å²) in [5, 5.41) is 0. The van der Waals surface area contributed by atoms with Crippen molar-refractivity contribution in [3.05, 3.63) is 39.4 Å². The number of rotatable bonds is 1. The number of nitrogens with zero attached hydrogens (tertiary/aromatic N) is 1. The van der Waals surface area contributed by atoms with Crippen molar-refractivity contribution >= 4 is 21.6 Å². The highest BCUT2D eigenvalue weighted by Gasteiger charge is 2.19. The van der Waals surface area contributed by atoms with E-state index in [9.17, 15) is 13.2 Å². The maximum absolute atomic E-state index is 13.1. The summed E-state index contributed by atoms with van der Waals surface area (Å²) in [4.78, 5) is 2.78. The largest absolute Gasteiger partial charge is 0.266 e. The molecule has 0 saturated carbocycles. The van der Waals surface area contributed by atoms with Gasteiger partial charge in [0.2, 0.25) is 5.69 Å². The molecule has 1 nitrogen and oxygen atoms in total. The van der Waals surface area contributed by atoms with Crippen LogP contribution in [0.2, 0.25) is 0 Å². The van der Waals surface area contributed by atoms with E-state index >= 15 is 0 Å². The lowest BCUT2D eigenvalue weighted by Gasteiger charge is -2.05. The molecular weight excluding hydrogens is 247 g/mol. The molecule has 0 aromatic heterocycles. The van der Waals surface area contributed by atoms with Crippen LogP contribution < -0.4 is 0 Å². The maximum Gasteiger partial charge on any atom is 0.266 e. The SMILES string of the molecule is [C-]#[N+]c1ccc(Br)c(C(F)F)c1F. The van der Waals surface area contributed by atoms with Crippen molar-refractivity contribution in [2.45, 2.75) is 6.43 Å². The minimum atomic E-state index is -2.92. The predicted molar refractivity (Wildman–Crippen MR) is 45.3 cm³/mol. The Hall–Kier alpha value is -1.02. The number of benzene rings is 1. The summed E-state index contributed by atoms with van der Waals surface area (Å²) in [6, 6.07) is 2.39. The minimum absolute atomic E-state index is 0.0209. The van der Waals surface area contributed by atoms with Crippen LogP contribution in [0.25, 0.3) is 4.85 Å². The molecule has 0 unspecified atom stereocenters. The Bertz CT molecular complexity index is 370. The van der Waals surface area contributed by atoms with Crippen molar-refractivity contribution in [3.8, 4) is 0 Å². The zero-order valence-electron chi connectivity index (χ0n) is 6.19. The van der Waals surface area contributed by atoms with Crippen LogP contribution in [0.1, 0.15) is 12.0 Å². The molecule has 0 aliphatic carbocycles. The van der Waals surface area contributed by atoms with Crippen LogP contribution in [0.15, 0.2) is 16.6 Å². The number of hydrogen-bond acceptors (Lipinski definition) is 0. The van der Waals surface area contributed by atoms with Crippen molar-refractivity contribution in [2.75, 3.05) is 0 Å². The zero-order chi connectivity index (χ0) is 10.0. The average molecular weight is 250 g/mol. The highest BCUT2D eigenvalue weighted by Crippen LogP contribution is 2.34. The molecular formula is C8H3BrF3N. The number of hydrogen-bond donors (Lipinski definition) is 0. The zero-order valence-corrected chi connectivity index (χ0v) is 7.78. The summed E-state index contributed by atoms with van der Waals surface area (Å²) in [6.07, 6.45) is -2.92. The normalized spacial score (nSPS) is 10.2. The summed E-state index contributed by atoms with van der Waals surface area (Å²) in [5.41, 5.74) is -1.15. The van der Waals surface area contributed by atoms with E-state index < -0.39 is 23.5 Å². The molecule has 0 bridgehead atoms. The average Bonchev–Trinajstić information content (AvgIpc) is 2.04. The van der Waals surface area contributed by atoms with E-state index in [0.29, 0.717) is 0 Å². The van der Waals surface area contributed by atoms with Crippen LogP contribution in [0.4, 0.5) is 18.9 Å². The Morgan fingerprint density at radius 3 is 2.46 bits per heavy atom. The molecule has 0 spiro atoms. The van der Waals surface area contributed by atoms with Gasteiger partial charge in [0.1, 0.15) is 5.82 Å². The van der Waals surface area contributed by atoms with Gasteiger partial charge in [-0.1, -0.05) is 28.1 Å². The molecule has 0 saturated heterocycles. The molecule has 0 heterocycles. The second kappa shape index (κ2) is 3.79. The summed E-state index contributed by atoms with van der Waals surface area (Å²) >= 11 is 2.79. The molecule has 0 aliphatic rings. The van der Waals surface area contributed by atoms with E-state index in [4.69, 9.17) is 6.57 Å². The van der Waals surface area contributed by atoms with Crippen molar-refractivity contribution in [3.63, 3.8) is 0 Å². The second-order valence-electron chi connectivity index (χ2n) is 2.21. The number of alkyl halides is 2. The van der Waals surface area contributed by atoms with Crippen LogP contribution in [-0.4, -0.2) is 0 Å². The quantitative estimate of drug-likeness (QED) is 0.661. The van der Waals surface area contributed by atoms with E-state index in [1.807, 2.05) is 0 Å². The van der Waals surface area contributed by atoms with Gasteiger partial charge in [-0.05, 0) is 0 Å². The van der Waals surface area contributed by atoms with Crippen LogP contribution in [0, 0.1) is 12.4 Å². The van der Waals surface area contributed by atoms with E-state index in [1.165, 1.54) is 6.07 Å². The summed E-state index contributed by atoms with van der Waals surface area (Å²) < 4.78 is 37.5. The Morgan fingerprint density at radius 1 is 1.38 bits per heavy atom. The van der Waals surface area contributed by atoms with Gasteiger partial charge < -0.3 is 0 Å². The fourth-order valence-electron chi connectivity index (χ4n) is 0.844. The van der Waals surface area contributed by atoms with Gasteiger partial charge in [0.15, 0.2) is 0 Å². The Labute approximate surface area is 81.1 Å². The molecule has 0 N–H and O–H groups in total. The summed E-state index contributed by atoms with van der Waals surface area (Å²) in [5.74, 6) is -1.15.